The molecule has 0 atom stereocenters. The molecule has 3 rings (SSSR count). The Labute approximate surface area is 119 Å². The van der Waals surface area contributed by atoms with Gasteiger partial charge in [-0.2, -0.15) is 4.98 Å². The van der Waals surface area contributed by atoms with Crippen molar-refractivity contribution in [3.63, 3.8) is 0 Å². The van der Waals surface area contributed by atoms with Crippen molar-refractivity contribution in [1.82, 2.24) is 19.7 Å². The van der Waals surface area contributed by atoms with Gasteiger partial charge in [-0.3, -0.25) is 9.78 Å². The first-order valence-electron chi connectivity index (χ1n) is 6.51. The molecule has 0 aliphatic carbocycles. The van der Waals surface area contributed by atoms with E-state index in [1.54, 1.807) is 19.1 Å². The fourth-order valence-corrected chi connectivity index (χ4v) is 2.05. The molecule has 0 bridgehead atoms. The van der Waals surface area contributed by atoms with Gasteiger partial charge >= 0.3 is 0 Å². The molecule has 0 amide bonds. The van der Waals surface area contributed by atoms with Crippen LogP contribution in [0.2, 0.25) is 0 Å². The van der Waals surface area contributed by atoms with Gasteiger partial charge in [-0.15, -0.1) is 5.10 Å². The standard InChI is InChI=1S/C14H14N4O3/c1-3-21-14-15-12-9(13(20)16-14)7-18(17-12)10-5-4-8(2)6-11(10)19/h4-7,19H,3H2,1-2H3,(H,15,16,17,20). The molecule has 0 aliphatic heterocycles. The molecule has 0 spiro atoms. The lowest BCUT2D eigenvalue weighted by Gasteiger charge is -2.04. The number of aromatic hydroxyl groups is 1. The van der Waals surface area contributed by atoms with Crippen LogP contribution in [0.3, 0.4) is 0 Å². The molecular weight excluding hydrogens is 272 g/mol. The second-order valence-electron chi connectivity index (χ2n) is 4.61. The number of aryl methyl sites for hydroxylation is 1. The number of aromatic nitrogens is 4. The van der Waals surface area contributed by atoms with Crippen LogP contribution in [0.1, 0.15) is 12.5 Å². The van der Waals surface area contributed by atoms with Crippen LogP contribution in [0.4, 0.5) is 0 Å². The lowest BCUT2D eigenvalue weighted by atomic mass is 10.2. The van der Waals surface area contributed by atoms with Gasteiger partial charge in [0.05, 0.1) is 6.61 Å². The minimum atomic E-state index is -0.332. The summed E-state index contributed by atoms with van der Waals surface area (Å²) in [5.74, 6) is 0.0873. The molecule has 2 N–H and O–H groups in total. The molecular formula is C14H14N4O3. The molecule has 7 heteroatoms. The first kappa shape index (κ1) is 13.2. The van der Waals surface area contributed by atoms with Crippen molar-refractivity contribution < 1.29 is 9.84 Å². The number of benzene rings is 1. The third-order valence-electron chi connectivity index (χ3n) is 3.03. The average molecular weight is 286 g/mol. The fraction of sp³-hybridized carbons (Fsp3) is 0.214. The van der Waals surface area contributed by atoms with E-state index in [2.05, 4.69) is 15.1 Å². The van der Waals surface area contributed by atoms with E-state index in [0.717, 1.165) is 5.56 Å². The van der Waals surface area contributed by atoms with Gasteiger partial charge in [-0.1, -0.05) is 6.07 Å². The van der Waals surface area contributed by atoms with E-state index in [4.69, 9.17) is 4.74 Å². The van der Waals surface area contributed by atoms with Gasteiger partial charge in [0, 0.05) is 6.20 Å². The Morgan fingerprint density at radius 1 is 1.43 bits per heavy atom. The number of phenols is 1. The van der Waals surface area contributed by atoms with Crippen molar-refractivity contribution in [2.75, 3.05) is 6.61 Å². The summed E-state index contributed by atoms with van der Waals surface area (Å²) in [7, 11) is 0. The maximum absolute atomic E-state index is 12.0. The summed E-state index contributed by atoms with van der Waals surface area (Å²) in [6.45, 7) is 4.07. The largest absolute Gasteiger partial charge is 0.506 e. The summed E-state index contributed by atoms with van der Waals surface area (Å²) in [4.78, 5) is 18.6. The van der Waals surface area contributed by atoms with Crippen LogP contribution in [-0.4, -0.2) is 31.5 Å². The van der Waals surface area contributed by atoms with Gasteiger partial charge in [0.15, 0.2) is 5.65 Å². The molecule has 7 nitrogen and oxygen atoms in total. The predicted octanol–water partition coefficient (Wildman–Crippen LogP) is 1.52. The summed E-state index contributed by atoms with van der Waals surface area (Å²) in [6.07, 6.45) is 1.53. The number of hydrogen-bond donors (Lipinski definition) is 2. The van der Waals surface area contributed by atoms with Crippen LogP contribution in [0.25, 0.3) is 16.7 Å². The molecule has 108 valence electrons. The van der Waals surface area contributed by atoms with E-state index >= 15 is 0 Å². The molecule has 1 aromatic carbocycles. The summed E-state index contributed by atoms with van der Waals surface area (Å²) in [5, 5.41) is 14.5. The van der Waals surface area contributed by atoms with Crippen molar-refractivity contribution in [3.05, 3.63) is 40.3 Å². The minimum Gasteiger partial charge on any atom is -0.506 e. The number of phenolic OH excluding ortho intramolecular Hbond substituents is 1. The Kier molecular flexibility index (Phi) is 3.09. The number of aromatic amines is 1. The van der Waals surface area contributed by atoms with E-state index < -0.39 is 0 Å². The van der Waals surface area contributed by atoms with Crippen molar-refractivity contribution in [2.45, 2.75) is 13.8 Å². The smallest absolute Gasteiger partial charge is 0.298 e. The molecule has 21 heavy (non-hydrogen) atoms. The summed E-state index contributed by atoms with van der Waals surface area (Å²) in [5.41, 5.74) is 1.35. The first-order chi connectivity index (χ1) is 10.1. The fourth-order valence-electron chi connectivity index (χ4n) is 2.05. The van der Waals surface area contributed by atoms with Crippen molar-refractivity contribution in [1.29, 1.82) is 0 Å². The highest BCUT2D eigenvalue weighted by atomic mass is 16.5. The second kappa shape index (κ2) is 4.93. The molecule has 0 saturated heterocycles. The van der Waals surface area contributed by atoms with Crippen LogP contribution in [0.15, 0.2) is 29.2 Å². The highest BCUT2D eigenvalue weighted by Gasteiger charge is 2.12. The molecule has 0 saturated carbocycles. The Bertz CT molecular complexity index is 866. The molecule has 0 aliphatic rings. The number of H-pyrrole nitrogens is 1. The van der Waals surface area contributed by atoms with Crippen molar-refractivity contribution >= 4 is 11.0 Å². The quantitative estimate of drug-likeness (QED) is 0.761. The Morgan fingerprint density at radius 3 is 2.95 bits per heavy atom. The third-order valence-corrected chi connectivity index (χ3v) is 3.03. The second-order valence-corrected chi connectivity index (χ2v) is 4.61. The Balaban J connectivity index is 2.16. The van der Waals surface area contributed by atoms with Gasteiger partial charge in [-0.25, -0.2) is 4.68 Å². The zero-order valence-electron chi connectivity index (χ0n) is 11.6. The normalized spacial score (nSPS) is 11.0. The lowest BCUT2D eigenvalue weighted by Crippen LogP contribution is -2.09. The molecule has 2 heterocycles. The van der Waals surface area contributed by atoms with Crippen LogP contribution in [0.5, 0.6) is 11.8 Å². The number of fused-ring (bicyclic) bond motifs is 1. The average Bonchev–Trinajstić information content (AvgIpc) is 2.83. The highest BCUT2D eigenvalue weighted by molar-refractivity contribution is 5.73. The van der Waals surface area contributed by atoms with E-state index in [1.807, 2.05) is 13.0 Å². The Hall–Kier alpha value is -2.83. The third kappa shape index (κ3) is 2.33. The Morgan fingerprint density at radius 2 is 2.24 bits per heavy atom. The predicted molar refractivity (Wildman–Crippen MR) is 77.1 cm³/mol. The topological polar surface area (TPSA) is 93.0 Å². The monoisotopic (exact) mass is 286 g/mol. The highest BCUT2D eigenvalue weighted by Crippen LogP contribution is 2.23. The lowest BCUT2D eigenvalue weighted by molar-refractivity contribution is 0.313. The van der Waals surface area contributed by atoms with Crippen molar-refractivity contribution in [3.8, 4) is 17.4 Å². The van der Waals surface area contributed by atoms with E-state index in [0.29, 0.717) is 17.7 Å². The zero-order chi connectivity index (χ0) is 15.0. The molecule has 0 fully saturated rings. The van der Waals surface area contributed by atoms with Gasteiger partial charge < -0.3 is 9.84 Å². The summed E-state index contributed by atoms with van der Waals surface area (Å²) in [6, 6.07) is 5.34. The van der Waals surface area contributed by atoms with Gasteiger partial charge in [0.25, 0.3) is 11.6 Å². The number of nitrogens with one attached hydrogen (secondary N) is 1. The van der Waals surface area contributed by atoms with Gasteiger partial charge in [0.2, 0.25) is 0 Å². The summed E-state index contributed by atoms with van der Waals surface area (Å²) >= 11 is 0. The zero-order valence-corrected chi connectivity index (χ0v) is 11.6. The first-order valence-corrected chi connectivity index (χ1v) is 6.51. The van der Waals surface area contributed by atoms with Crippen LogP contribution >= 0.6 is 0 Å². The number of rotatable bonds is 3. The van der Waals surface area contributed by atoms with E-state index in [1.165, 1.54) is 10.9 Å². The molecule has 2 aromatic heterocycles. The number of ether oxygens (including phenoxy) is 1. The minimum absolute atomic E-state index is 0.0873. The summed E-state index contributed by atoms with van der Waals surface area (Å²) < 4.78 is 6.61. The van der Waals surface area contributed by atoms with Gasteiger partial charge in [0.1, 0.15) is 16.8 Å². The van der Waals surface area contributed by atoms with Crippen LogP contribution in [0, 0.1) is 6.92 Å². The van der Waals surface area contributed by atoms with Crippen LogP contribution < -0.4 is 10.3 Å². The van der Waals surface area contributed by atoms with Crippen LogP contribution in [-0.2, 0) is 0 Å². The SMILES string of the molecule is CCOc1nc2nn(-c3ccc(C)cc3O)cc2c(=O)[nH]1. The van der Waals surface area contributed by atoms with Crippen molar-refractivity contribution in [2.24, 2.45) is 0 Å². The molecule has 3 aromatic rings. The molecule has 0 unspecified atom stereocenters. The number of hydrogen-bond acceptors (Lipinski definition) is 5. The van der Waals surface area contributed by atoms with E-state index in [9.17, 15) is 9.90 Å². The van der Waals surface area contributed by atoms with E-state index in [-0.39, 0.29) is 23.0 Å². The number of nitrogens with zero attached hydrogens (tertiary/aromatic N) is 3. The maximum atomic E-state index is 12.0. The molecule has 0 radical (unpaired) electrons. The van der Waals surface area contributed by atoms with Gasteiger partial charge in [-0.05, 0) is 31.5 Å². The maximum Gasteiger partial charge on any atom is 0.298 e.